The summed E-state index contributed by atoms with van der Waals surface area (Å²) in [6, 6.07) is 8.27. The molecule has 0 heterocycles. The van der Waals surface area contributed by atoms with Gasteiger partial charge in [-0.3, -0.25) is 4.79 Å². The molecule has 1 aromatic rings. The number of carbonyl (C=O) groups excluding carboxylic acids is 1. The fourth-order valence-electron chi connectivity index (χ4n) is 0.961. The summed E-state index contributed by atoms with van der Waals surface area (Å²) in [5.41, 5.74) is 9.40. The zero-order valence-corrected chi connectivity index (χ0v) is 7.66. The van der Waals surface area contributed by atoms with Gasteiger partial charge < -0.3 is 0 Å². The van der Waals surface area contributed by atoms with Crippen LogP contribution in [0.3, 0.4) is 0 Å². The van der Waals surface area contributed by atoms with Crippen molar-refractivity contribution in [2.75, 3.05) is 0 Å². The van der Waals surface area contributed by atoms with Gasteiger partial charge in [-0.2, -0.15) is 5.26 Å². The highest BCUT2D eigenvalue weighted by molar-refractivity contribution is 5.86. The highest BCUT2D eigenvalue weighted by Gasteiger charge is 1.93. The first-order chi connectivity index (χ1) is 7.30. The van der Waals surface area contributed by atoms with E-state index in [1.165, 1.54) is 6.08 Å². The van der Waals surface area contributed by atoms with Gasteiger partial charge >= 0.3 is 0 Å². The van der Waals surface area contributed by atoms with Crippen molar-refractivity contribution in [1.82, 2.24) is 0 Å². The van der Waals surface area contributed by atoms with E-state index in [2.05, 4.69) is 10.0 Å². The molecule has 0 aliphatic carbocycles. The lowest BCUT2D eigenvalue weighted by atomic mass is 10.1. The van der Waals surface area contributed by atoms with Crippen molar-refractivity contribution in [3.8, 4) is 6.07 Å². The molecule has 1 rings (SSSR count). The molecule has 0 spiro atoms. The lowest BCUT2D eigenvalue weighted by Crippen LogP contribution is -1.79. The molecule has 0 aromatic heterocycles. The van der Waals surface area contributed by atoms with E-state index in [1.54, 1.807) is 30.3 Å². The summed E-state index contributed by atoms with van der Waals surface area (Å²) in [4.78, 5) is 13.0. The summed E-state index contributed by atoms with van der Waals surface area (Å²) in [5.74, 6) is 0. The van der Waals surface area contributed by atoms with E-state index >= 15 is 0 Å². The molecular weight excluding hydrogens is 192 g/mol. The average Bonchev–Trinajstić information content (AvgIpc) is 2.28. The standard InChI is InChI=1S/C10H6N4O/c11-6-9(7-15)5-8-1-3-10(4-2-8)13-14-12/h1-5,7H/b9-5-. The highest BCUT2D eigenvalue weighted by atomic mass is 16.1. The van der Waals surface area contributed by atoms with Crippen LogP contribution in [-0.4, -0.2) is 6.29 Å². The molecule has 5 nitrogen and oxygen atoms in total. The molecule has 0 amide bonds. The van der Waals surface area contributed by atoms with Crippen molar-refractivity contribution >= 4 is 18.0 Å². The van der Waals surface area contributed by atoms with Crippen LogP contribution in [0.2, 0.25) is 0 Å². The third-order valence-corrected chi connectivity index (χ3v) is 1.63. The number of carbonyl (C=O) groups is 1. The molecule has 15 heavy (non-hydrogen) atoms. The van der Waals surface area contributed by atoms with Crippen molar-refractivity contribution < 1.29 is 4.79 Å². The van der Waals surface area contributed by atoms with E-state index in [9.17, 15) is 4.79 Å². The maximum atomic E-state index is 10.4. The predicted molar refractivity (Wildman–Crippen MR) is 54.9 cm³/mol. The van der Waals surface area contributed by atoms with Crippen LogP contribution < -0.4 is 0 Å². The quantitative estimate of drug-likeness (QED) is 0.186. The molecule has 0 aliphatic heterocycles. The number of allylic oxidation sites excluding steroid dienone is 1. The van der Waals surface area contributed by atoms with Crippen LogP contribution in [0.4, 0.5) is 5.69 Å². The van der Waals surface area contributed by atoms with Gasteiger partial charge in [-0.15, -0.1) is 0 Å². The second-order valence-electron chi connectivity index (χ2n) is 2.61. The van der Waals surface area contributed by atoms with E-state index in [0.29, 0.717) is 17.5 Å². The van der Waals surface area contributed by atoms with Crippen LogP contribution in [0.1, 0.15) is 5.56 Å². The maximum Gasteiger partial charge on any atom is 0.160 e. The van der Waals surface area contributed by atoms with Crippen LogP contribution in [0.15, 0.2) is 35.0 Å². The second-order valence-corrected chi connectivity index (χ2v) is 2.61. The van der Waals surface area contributed by atoms with E-state index in [4.69, 9.17) is 10.8 Å². The smallest absolute Gasteiger partial charge is 0.160 e. The van der Waals surface area contributed by atoms with Crippen molar-refractivity contribution in [3.05, 3.63) is 45.8 Å². The summed E-state index contributed by atoms with van der Waals surface area (Å²) in [6.07, 6.45) is 1.94. The Labute approximate surface area is 85.9 Å². The number of hydrogen-bond acceptors (Lipinski definition) is 3. The Balaban J connectivity index is 3.00. The fraction of sp³-hybridized carbons (Fsp3) is 0. The Hall–Kier alpha value is -2.57. The Morgan fingerprint density at radius 3 is 2.60 bits per heavy atom. The number of aldehydes is 1. The summed E-state index contributed by atoms with van der Waals surface area (Å²) in [6.45, 7) is 0. The third-order valence-electron chi connectivity index (χ3n) is 1.63. The van der Waals surface area contributed by atoms with Gasteiger partial charge in [-0.05, 0) is 17.2 Å². The lowest BCUT2D eigenvalue weighted by Gasteiger charge is -1.93. The zero-order chi connectivity index (χ0) is 11.1. The number of nitriles is 1. The Bertz CT molecular complexity index is 475. The number of hydrogen-bond donors (Lipinski definition) is 0. The first-order valence-electron chi connectivity index (χ1n) is 4.02. The number of rotatable bonds is 3. The molecular formula is C10H6N4O. The van der Waals surface area contributed by atoms with Gasteiger partial charge in [0.15, 0.2) is 6.29 Å². The monoisotopic (exact) mass is 198 g/mol. The molecule has 0 radical (unpaired) electrons. The molecule has 5 heteroatoms. The minimum atomic E-state index is 0.0477. The van der Waals surface area contributed by atoms with E-state index in [1.807, 2.05) is 0 Å². The molecule has 0 atom stereocenters. The minimum absolute atomic E-state index is 0.0477. The predicted octanol–water partition coefficient (Wildman–Crippen LogP) is 2.73. The van der Waals surface area contributed by atoms with Gasteiger partial charge in [0.05, 0.1) is 5.57 Å². The normalized spacial score (nSPS) is 9.93. The number of azide groups is 1. The molecule has 0 unspecified atom stereocenters. The summed E-state index contributed by atoms with van der Waals surface area (Å²) in [5, 5.41) is 11.9. The van der Waals surface area contributed by atoms with Gasteiger partial charge in [0, 0.05) is 10.6 Å². The second kappa shape index (κ2) is 5.22. The highest BCUT2D eigenvalue weighted by Crippen LogP contribution is 2.14. The van der Waals surface area contributed by atoms with Crippen molar-refractivity contribution in [2.45, 2.75) is 0 Å². The molecule has 1 aromatic carbocycles. The SMILES string of the molecule is N#C/C(C=O)=C/c1ccc(N=[N+]=[N-])cc1. The summed E-state index contributed by atoms with van der Waals surface area (Å²) < 4.78 is 0. The minimum Gasteiger partial charge on any atom is -0.297 e. The molecule has 72 valence electrons. The van der Waals surface area contributed by atoms with Crippen molar-refractivity contribution in [1.29, 1.82) is 5.26 Å². The van der Waals surface area contributed by atoms with Crippen LogP contribution in [0, 0.1) is 11.3 Å². The maximum absolute atomic E-state index is 10.4. The third kappa shape index (κ3) is 2.99. The first-order valence-corrected chi connectivity index (χ1v) is 4.02. The summed E-state index contributed by atoms with van der Waals surface area (Å²) in [7, 11) is 0. The van der Waals surface area contributed by atoms with Gasteiger partial charge in [0.2, 0.25) is 0 Å². The van der Waals surface area contributed by atoms with Crippen LogP contribution in [0.5, 0.6) is 0 Å². The average molecular weight is 198 g/mol. The Morgan fingerprint density at radius 1 is 1.47 bits per heavy atom. The number of nitrogens with zero attached hydrogens (tertiary/aromatic N) is 4. The van der Waals surface area contributed by atoms with Crippen molar-refractivity contribution in [2.24, 2.45) is 5.11 Å². The first kappa shape index (κ1) is 10.5. The molecule has 0 saturated carbocycles. The van der Waals surface area contributed by atoms with Crippen LogP contribution in [0.25, 0.3) is 16.5 Å². The van der Waals surface area contributed by atoms with Gasteiger partial charge in [-0.1, -0.05) is 29.4 Å². The largest absolute Gasteiger partial charge is 0.297 e. The lowest BCUT2D eigenvalue weighted by molar-refractivity contribution is -0.104. The molecule has 0 saturated heterocycles. The van der Waals surface area contributed by atoms with Gasteiger partial charge in [0.1, 0.15) is 6.07 Å². The van der Waals surface area contributed by atoms with E-state index < -0.39 is 0 Å². The Kier molecular flexibility index (Phi) is 3.66. The summed E-state index contributed by atoms with van der Waals surface area (Å²) >= 11 is 0. The van der Waals surface area contributed by atoms with E-state index in [0.717, 1.165) is 0 Å². The molecule has 0 N–H and O–H groups in total. The molecule has 0 bridgehead atoms. The Morgan fingerprint density at radius 2 is 2.13 bits per heavy atom. The zero-order valence-electron chi connectivity index (χ0n) is 7.66. The van der Waals surface area contributed by atoms with Gasteiger partial charge in [0.25, 0.3) is 0 Å². The molecule has 0 fully saturated rings. The number of benzene rings is 1. The van der Waals surface area contributed by atoms with Crippen LogP contribution in [-0.2, 0) is 4.79 Å². The van der Waals surface area contributed by atoms with E-state index in [-0.39, 0.29) is 5.57 Å². The van der Waals surface area contributed by atoms with Crippen LogP contribution >= 0.6 is 0 Å². The van der Waals surface area contributed by atoms with Gasteiger partial charge in [-0.25, -0.2) is 0 Å². The topological polar surface area (TPSA) is 89.6 Å². The fourth-order valence-corrected chi connectivity index (χ4v) is 0.961. The molecule has 0 aliphatic rings. The van der Waals surface area contributed by atoms with Crippen molar-refractivity contribution in [3.63, 3.8) is 0 Å².